The molecule has 0 spiro atoms. The smallest absolute Gasteiger partial charge is 0.339 e. The maximum atomic E-state index is 12.4. The monoisotopic (exact) mass is 403 g/mol. The molecule has 9 heteroatoms. The number of amidine groups is 1. The van der Waals surface area contributed by atoms with Crippen LogP contribution < -0.4 is 9.50 Å². The van der Waals surface area contributed by atoms with Crippen molar-refractivity contribution in [2.75, 3.05) is 0 Å². The molecule has 1 fully saturated rings. The number of carbonyl (C=O) groups is 1. The topological polar surface area (TPSA) is 97.2 Å². The van der Waals surface area contributed by atoms with Crippen LogP contribution in [-0.4, -0.2) is 31.0 Å². The Balaban J connectivity index is 1.85. The minimum absolute atomic E-state index is 0.0627. The van der Waals surface area contributed by atoms with Gasteiger partial charge < -0.3 is 9.50 Å². The number of aryl methyl sites for hydroxylation is 1. The number of benzene rings is 2. The molecule has 0 radical (unpaired) electrons. The van der Waals surface area contributed by atoms with Gasteiger partial charge in [0, 0.05) is 5.56 Å². The van der Waals surface area contributed by atoms with Crippen molar-refractivity contribution in [2.24, 2.45) is 10.2 Å². The Morgan fingerprint density at radius 1 is 1.19 bits per heavy atom. The predicted octanol–water partition coefficient (Wildman–Crippen LogP) is 2.70. The van der Waals surface area contributed by atoms with E-state index >= 15 is 0 Å². The Morgan fingerprint density at radius 3 is 2.59 bits per heavy atom. The van der Waals surface area contributed by atoms with Gasteiger partial charge >= 0.3 is 10.1 Å². The van der Waals surface area contributed by atoms with Crippen molar-refractivity contribution in [1.29, 1.82) is 0 Å². The molecule has 3 rings (SSSR count). The third-order valence-electron chi connectivity index (χ3n) is 3.63. The molecule has 0 unspecified atom stereocenters. The van der Waals surface area contributed by atoms with Gasteiger partial charge in [-0.15, -0.1) is 5.10 Å². The molecule has 1 atom stereocenters. The van der Waals surface area contributed by atoms with Crippen molar-refractivity contribution in [3.63, 3.8) is 0 Å². The second-order valence-electron chi connectivity index (χ2n) is 5.79. The Kier molecular flexibility index (Phi) is 5.62. The van der Waals surface area contributed by atoms with Gasteiger partial charge in [-0.3, -0.25) is 4.79 Å². The standard InChI is InChI=1S/C18H17N3O4S2/c1-12-8-9-16(25-27(23,24)15-6-4-3-5-7-15)14(10-12)11-19-21-18-20-17(22)13(2)26-18/h3-11,13H,1-2H3,(H,20,21,22)/t13-/m0/s1. The first-order valence-electron chi connectivity index (χ1n) is 8.04. The van der Waals surface area contributed by atoms with Crippen LogP contribution in [0.2, 0.25) is 0 Å². The molecule has 0 bridgehead atoms. The van der Waals surface area contributed by atoms with Crippen LogP contribution in [0.4, 0.5) is 0 Å². The second kappa shape index (κ2) is 7.93. The lowest BCUT2D eigenvalue weighted by Gasteiger charge is -2.09. The summed E-state index contributed by atoms with van der Waals surface area (Å²) in [4.78, 5) is 11.5. The maximum Gasteiger partial charge on any atom is 0.339 e. The van der Waals surface area contributed by atoms with Gasteiger partial charge in [0.15, 0.2) is 10.9 Å². The van der Waals surface area contributed by atoms with E-state index in [2.05, 4.69) is 15.5 Å². The van der Waals surface area contributed by atoms with Crippen LogP contribution in [-0.2, 0) is 14.9 Å². The summed E-state index contributed by atoms with van der Waals surface area (Å²) in [5.74, 6) is 0.0207. The molecule has 1 N–H and O–H groups in total. The van der Waals surface area contributed by atoms with E-state index in [4.69, 9.17) is 4.18 Å². The molecule has 0 aromatic heterocycles. The molecule has 27 heavy (non-hydrogen) atoms. The summed E-state index contributed by atoms with van der Waals surface area (Å²) in [5.41, 5.74) is 1.37. The van der Waals surface area contributed by atoms with E-state index in [1.165, 1.54) is 30.1 Å². The molecule has 0 saturated carbocycles. The Hall–Kier alpha value is -2.65. The second-order valence-corrected chi connectivity index (χ2v) is 8.67. The van der Waals surface area contributed by atoms with Gasteiger partial charge in [0.25, 0.3) is 0 Å². The molecule has 1 heterocycles. The molecular formula is C18H17N3O4S2. The molecule has 2 aromatic rings. The largest absolute Gasteiger partial charge is 0.378 e. The average molecular weight is 403 g/mol. The third kappa shape index (κ3) is 4.75. The third-order valence-corrected chi connectivity index (χ3v) is 5.85. The van der Waals surface area contributed by atoms with E-state index < -0.39 is 10.1 Å². The number of amides is 1. The summed E-state index contributed by atoms with van der Waals surface area (Å²) in [6, 6.07) is 12.9. The van der Waals surface area contributed by atoms with Crippen molar-refractivity contribution in [3.05, 3.63) is 59.7 Å². The van der Waals surface area contributed by atoms with Gasteiger partial charge in [-0.1, -0.05) is 41.6 Å². The lowest BCUT2D eigenvalue weighted by Crippen LogP contribution is -2.23. The van der Waals surface area contributed by atoms with E-state index in [1.807, 2.05) is 6.92 Å². The van der Waals surface area contributed by atoms with Gasteiger partial charge in [-0.25, -0.2) is 0 Å². The molecular weight excluding hydrogens is 386 g/mol. The first kappa shape index (κ1) is 19.1. The van der Waals surface area contributed by atoms with Crippen LogP contribution in [0.3, 0.4) is 0 Å². The van der Waals surface area contributed by atoms with Gasteiger partial charge in [0.2, 0.25) is 5.91 Å². The summed E-state index contributed by atoms with van der Waals surface area (Å²) < 4.78 is 30.2. The molecule has 2 aromatic carbocycles. The van der Waals surface area contributed by atoms with Crippen LogP contribution in [0.5, 0.6) is 5.75 Å². The van der Waals surface area contributed by atoms with Crippen LogP contribution in [0.1, 0.15) is 18.1 Å². The highest BCUT2D eigenvalue weighted by Crippen LogP contribution is 2.23. The van der Waals surface area contributed by atoms with Crippen molar-refractivity contribution < 1.29 is 17.4 Å². The molecule has 7 nitrogen and oxygen atoms in total. The van der Waals surface area contributed by atoms with Gasteiger partial charge in [-0.05, 0) is 38.1 Å². The number of thioether (sulfide) groups is 1. The number of rotatable bonds is 5. The molecule has 1 aliphatic rings. The van der Waals surface area contributed by atoms with Crippen LogP contribution in [0.25, 0.3) is 0 Å². The summed E-state index contributed by atoms with van der Waals surface area (Å²) in [6.07, 6.45) is 1.39. The molecule has 1 aliphatic heterocycles. The van der Waals surface area contributed by atoms with Crippen molar-refractivity contribution in [3.8, 4) is 5.75 Å². The highest BCUT2D eigenvalue weighted by Gasteiger charge is 2.25. The Morgan fingerprint density at radius 2 is 1.93 bits per heavy atom. The normalized spacial score (nSPS) is 18.8. The summed E-state index contributed by atoms with van der Waals surface area (Å²) in [5, 5.41) is 10.7. The summed E-state index contributed by atoms with van der Waals surface area (Å²) >= 11 is 1.27. The Bertz CT molecular complexity index is 1020. The van der Waals surface area contributed by atoms with E-state index in [1.54, 1.807) is 43.3 Å². The average Bonchev–Trinajstić information content (AvgIpc) is 2.96. The minimum Gasteiger partial charge on any atom is -0.378 e. The predicted molar refractivity (Wildman–Crippen MR) is 106 cm³/mol. The first-order valence-corrected chi connectivity index (χ1v) is 10.3. The summed E-state index contributed by atoms with van der Waals surface area (Å²) in [6.45, 7) is 3.64. The SMILES string of the molecule is Cc1ccc(OS(=O)(=O)c2ccccc2)c(C=NN=C2NC(=O)[C@H](C)S2)c1. The molecule has 0 aliphatic carbocycles. The zero-order chi connectivity index (χ0) is 19.4. The van der Waals surface area contributed by atoms with Gasteiger partial charge in [-0.2, -0.15) is 13.5 Å². The van der Waals surface area contributed by atoms with Gasteiger partial charge in [0.05, 0.1) is 11.5 Å². The fourth-order valence-corrected chi connectivity index (χ4v) is 3.98. The van der Waals surface area contributed by atoms with E-state index in [9.17, 15) is 13.2 Å². The number of carbonyl (C=O) groups excluding carboxylic acids is 1. The zero-order valence-electron chi connectivity index (χ0n) is 14.6. The molecule has 140 valence electrons. The summed E-state index contributed by atoms with van der Waals surface area (Å²) in [7, 11) is -3.96. The Labute approximate surface area is 161 Å². The first-order chi connectivity index (χ1) is 12.8. The van der Waals surface area contributed by atoms with E-state index in [0.29, 0.717) is 10.7 Å². The van der Waals surface area contributed by atoms with Crippen molar-refractivity contribution in [1.82, 2.24) is 5.32 Å². The highest BCUT2D eigenvalue weighted by molar-refractivity contribution is 8.15. The molecule has 1 amide bonds. The number of nitrogens with one attached hydrogen (secondary N) is 1. The zero-order valence-corrected chi connectivity index (χ0v) is 16.3. The maximum absolute atomic E-state index is 12.4. The fraction of sp³-hybridized carbons (Fsp3) is 0.167. The lowest BCUT2D eigenvalue weighted by molar-refractivity contribution is -0.118. The van der Waals surface area contributed by atoms with Crippen LogP contribution in [0.15, 0.2) is 63.6 Å². The lowest BCUT2D eigenvalue weighted by atomic mass is 10.1. The number of hydrogen-bond donors (Lipinski definition) is 1. The number of hydrogen-bond acceptors (Lipinski definition) is 7. The van der Waals surface area contributed by atoms with Crippen molar-refractivity contribution in [2.45, 2.75) is 24.0 Å². The van der Waals surface area contributed by atoms with Crippen LogP contribution >= 0.6 is 11.8 Å². The highest BCUT2D eigenvalue weighted by atomic mass is 32.2. The van der Waals surface area contributed by atoms with Crippen molar-refractivity contribution >= 4 is 39.2 Å². The van der Waals surface area contributed by atoms with Gasteiger partial charge in [0.1, 0.15) is 4.90 Å². The quantitative estimate of drug-likeness (QED) is 0.470. The van der Waals surface area contributed by atoms with E-state index in [0.717, 1.165) is 5.56 Å². The molecule has 1 saturated heterocycles. The number of nitrogens with zero attached hydrogens (tertiary/aromatic N) is 2. The fourth-order valence-electron chi connectivity index (χ4n) is 2.25. The van der Waals surface area contributed by atoms with Crippen LogP contribution in [0, 0.1) is 6.92 Å². The minimum atomic E-state index is -3.96. The van der Waals surface area contributed by atoms with E-state index in [-0.39, 0.29) is 21.8 Å².